The van der Waals surface area contributed by atoms with Crippen LogP contribution in [0.3, 0.4) is 0 Å². The summed E-state index contributed by atoms with van der Waals surface area (Å²) in [6, 6.07) is 19.3. The van der Waals surface area contributed by atoms with Gasteiger partial charge < -0.3 is 4.74 Å². The lowest BCUT2D eigenvalue weighted by Gasteiger charge is -2.06. The van der Waals surface area contributed by atoms with E-state index in [0.717, 1.165) is 11.3 Å². The zero-order chi connectivity index (χ0) is 10.5. The Labute approximate surface area is 94.3 Å². The third kappa shape index (κ3) is 2.64. The predicted molar refractivity (Wildman–Crippen MR) is 65.2 cm³/mol. The molecule has 2 aromatic carbocycles. The summed E-state index contributed by atoms with van der Waals surface area (Å²) >= 11 is 5.18. The summed E-state index contributed by atoms with van der Waals surface area (Å²) in [6.07, 6.45) is 0. The summed E-state index contributed by atoms with van der Waals surface area (Å²) in [5, 5.41) is 0.502. The van der Waals surface area contributed by atoms with Crippen LogP contribution in [-0.4, -0.2) is 5.05 Å². The summed E-state index contributed by atoms with van der Waals surface area (Å²) in [5.41, 5.74) is 0.927. The van der Waals surface area contributed by atoms with Gasteiger partial charge in [-0.1, -0.05) is 48.5 Å². The molecule has 2 heteroatoms. The van der Waals surface area contributed by atoms with Gasteiger partial charge in [0.15, 0.2) is 5.05 Å². The van der Waals surface area contributed by atoms with Crippen molar-refractivity contribution < 1.29 is 4.74 Å². The molecule has 0 amide bonds. The van der Waals surface area contributed by atoms with Gasteiger partial charge in [0.1, 0.15) is 5.75 Å². The van der Waals surface area contributed by atoms with Crippen LogP contribution in [0.1, 0.15) is 5.56 Å². The average Bonchev–Trinajstić information content (AvgIpc) is 2.31. The van der Waals surface area contributed by atoms with Crippen LogP contribution in [-0.2, 0) is 0 Å². The van der Waals surface area contributed by atoms with Crippen LogP contribution in [0.2, 0.25) is 0 Å². The van der Waals surface area contributed by atoms with E-state index in [-0.39, 0.29) is 0 Å². The Morgan fingerprint density at radius 2 is 1.33 bits per heavy atom. The van der Waals surface area contributed by atoms with Gasteiger partial charge in [0.25, 0.3) is 0 Å². The first-order valence-corrected chi connectivity index (χ1v) is 5.09. The van der Waals surface area contributed by atoms with E-state index < -0.39 is 0 Å². The maximum Gasteiger partial charge on any atom is 0.198 e. The molecule has 0 radical (unpaired) electrons. The van der Waals surface area contributed by atoms with Crippen LogP contribution in [0.15, 0.2) is 60.7 Å². The van der Waals surface area contributed by atoms with Crippen molar-refractivity contribution in [2.75, 3.05) is 0 Å². The Kier molecular flexibility index (Phi) is 3.10. The molecule has 0 aliphatic carbocycles. The smallest absolute Gasteiger partial charge is 0.198 e. The Balaban J connectivity index is 2.12. The van der Waals surface area contributed by atoms with Gasteiger partial charge in [-0.2, -0.15) is 0 Å². The lowest BCUT2D eigenvalue weighted by atomic mass is 10.2. The quantitative estimate of drug-likeness (QED) is 0.708. The van der Waals surface area contributed by atoms with Crippen molar-refractivity contribution in [2.45, 2.75) is 0 Å². The lowest BCUT2D eigenvalue weighted by molar-refractivity contribution is 0.566. The second-order valence-corrected chi connectivity index (χ2v) is 3.44. The first-order chi connectivity index (χ1) is 7.36. The van der Waals surface area contributed by atoms with Gasteiger partial charge in [0.05, 0.1) is 0 Å². The highest BCUT2D eigenvalue weighted by Crippen LogP contribution is 2.12. The van der Waals surface area contributed by atoms with E-state index >= 15 is 0 Å². The number of hydrogen-bond acceptors (Lipinski definition) is 2. The van der Waals surface area contributed by atoms with Crippen LogP contribution in [0, 0.1) is 0 Å². The van der Waals surface area contributed by atoms with Crippen molar-refractivity contribution in [3.05, 3.63) is 66.2 Å². The second-order valence-electron chi connectivity index (χ2n) is 3.07. The van der Waals surface area contributed by atoms with Crippen LogP contribution >= 0.6 is 12.2 Å². The fourth-order valence-electron chi connectivity index (χ4n) is 1.23. The van der Waals surface area contributed by atoms with Gasteiger partial charge >= 0.3 is 0 Å². The Morgan fingerprint density at radius 1 is 0.800 bits per heavy atom. The predicted octanol–water partition coefficient (Wildman–Crippen LogP) is 3.44. The first-order valence-electron chi connectivity index (χ1n) is 4.68. The highest BCUT2D eigenvalue weighted by Gasteiger charge is 2.01. The van der Waals surface area contributed by atoms with Crippen molar-refractivity contribution in [3.8, 4) is 5.75 Å². The van der Waals surface area contributed by atoms with Gasteiger partial charge in [0.2, 0.25) is 0 Å². The van der Waals surface area contributed by atoms with E-state index in [9.17, 15) is 0 Å². The molecule has 0 aliphatic heterocycles. The fraction of sp³-hybridized carbons (Fsp3) is 0. The molecule has 0 aliphatic rings. The molecule has 0 saturated heterocycles. The minimum atomic E-state index is 0.502. The van der Waals surface area contributed by atoms with E-state index in [0.29, 0.717) is 5.05 Å². The van der Waals surface area contributed by atoms with Crippen molar-refractivity contribution >= 4 is 17.3 Å². The number of para-hydroxylation sites is 1. The maximum atomic E-state index is 5.53. The van der Waals surface area contributed by atoms with Gasteiger partial charge in [-0.05, 0) is 24.4 Å². The van der Waals surface area contributed by atoms with Crippen molar-refractivity contribution in [3.63, 3.8) is 0 Å². The molecule has 0 aromatic heterocycles. The van der Waals surface area contributed by atoms with Gasteiger partial charge in [-0.3, -0.25) is 0 Å². The zero-order valence-corrected chi connectivity index (χ0v) is 8.91. The monoisotopic (exact) mass is 214 g/mol. The molecule has 15 heavy (non-hydrogen) atoms. The Morgan fingerprint density at radius 3 is 1.93 bits per heavy atom. The fourth-order valence-corrected chi connectivity index (χ4v) is 1.46. The highest BCUT2D eigenvalue weighted by molar-refractivity contribution is 7.80. The molecule has 0 spiro atoms. The topological polar surface area (TPSA) is 9.23 Å². The molecule has 0 N–H and O–H groups in total. The number of benzene rings is 2. The third-order valence-electron chi connectivity index (χ3n) is 1.96. The van der Waals surface area contributed by atoms with E-state index in [1.807, 2.05) is 60.7 Å². The molecule has 1 nitrogen and oxygen atoms in total. The van der Waals surface area contributed by atoms with Gasteiger partial charge in [-0.25, -0.2) is 0 Å². The average molecular weight is 214 g/mol. The molecule has 0 bridgehead atoms. The summed E-state index contributed by atoms with van der Waals surface area (Å²) in [6.45, 7) is 0. The molecular formula is C13H10OS. The van der Waals surface area contributed by atoms with Crippen molar-refractivity contribution in [1.82, 2.24) is 0 Å². The van der Waals surface area contributed by atoms with E-state index in [2.05, 4.69) is 0 Å². The minimum Gasteiger partial charge on any atom is -0.445 e. The van der Waals surface area contributed by atoms with Crippen LogP contribution < -0.4 is 4.74 Å². The summed E-state index contributed by atoms with van der Waals surface area (Å²) in [4.78, 5) is 0. The number of ether oxygens (including phenoxy) is 1. The SMILES string of the molecule is S=C(Oc1ccccc1)c1ccccc1. The molecule has 0 unspecified atom stereocenters. The van der Waals surface area contributed by atoms with Crippen LogP contribution in [0.25, 0.3) is 0 Å². The Hall–Kier alpha value is -1.67. The van der Waals surface area contributed by atoms with Gasteiger partial charge in [-0.15, -0.1) is 0 Å². The van der Waals surface area contributed by atoms with Crippen molar-refractivity contribution in [1.29, 1.82) is 0 Å². The van der Waals surface area contributed by atoms with E-state index in [4.69, 9.17) is 17.0 Å². The molecule has 74 valence electrons. The third-order valence-corrected chi connectivity index (χ3v) is 2.28. The molecular weight excluding hydrogens is 204 g/mol. The number of rotatable bonds is 2. The largest absolute Gasteiger partial charge is 0.445 e. The number of thiocarbonyl (C=S) groups is 1. The van der Waals surface area contributed by atoms with Crippen molar-refractivity contribution in [2.24, 2.45) is 0 Å². The summed E-state index contributed by atoms with van der Waals surface area (Å²) < 4.78 is 5.53. The normalized spacial score (nSPS) is 9.60. The van der Waals surface area contributed by atoms with Crippen LogP contribution in [0.5, 0.6) is 5.75 Å². The zero-order valence-electron chi connectivity index (χ0n) is 8.09. The van der Waals surface area contributed by atoms with E-state index in [1.54, 1.807) is 0 Å². The maximum absolute atomic E-state index is 5.53. The Bertz CT molecular complexity index is 437. The molecule has 0 fully saturated rings. The highest BCUT2D eigenvalue weighted by atomic mass is 32.1. The minimum absolute atomic E-state index is 0.502. The summed E-state index contributed by atoms with van der Waals surface area (Å²) in [7, 11) is 0. The molecule has 0 saturated carbocycles. The first kappa shape index (κ1) is 9.87. The lowest BCUT2D eigenvalue weighted by Crippen LogP contribution is -2.06. The molecule has 2 rings (SSSR count). The molecule has 0 atom stereocenters. The van der Waals surface area contributed by atoms with Gasteiger partial charge in [0, 0.05) is 5.56 Å². The molecule has 0 heterocycles. The van der Waals surface area contributed by atoms with E-state index in [1.165, 1.54) is 0 Å². The second kappa shape index (κ2) is 4.71. The molecule has 2 aromatic rings. The van der Waals surface area contributed by atoms with Crippen LogP contribution in [0.4, 0.5) is 0 Å². The standard InChI is InChI=1S/C13H10OS/c15-13(11-7-3-1-4-8-11)14-12-9-5-2-6-10-12/h1-10H. The summed E-state index contributed by atoms with van der Waals surface area (Å²) in [5.74, 6) is 0.770. The number of hydrogen-bond donors (Lipinski definition) is 0.